The Kier molecular flexibility index (Phi) is 6.90. The maximum absolute atomic E-state index is 12.1. The van der Waals surface area contributed by atoms with Gasteiger partial charge in [0.25, 0.3) is 11.1 Å². The van der Waals surface area contributed by atoms with Crippen LogP contribution in [0.1, 0.15) is 30.4 Å². The molecule has 0 saturated carbocycles. The van der Waals surface area contributed by atoms with Gasteiger partial charge in [0.1, 0.15) is 5.75 Å². The highest BCUT2D eigenvalue weighted by Crippen LogP contribution is 2.33. The maximum atomic E-state index is 12.1. The molecule has 1 aliphatic rings. The average molecular weight is 416 g/mol. The molecule has 1 aliphatic heterocycles. The van der Waals surface area contributed by atoms with E-state index in [1.54, 1.807) is 18.2 Å². The molecule has 0 spiro atoms. The zero-order chi connectivity index (χ0) is 19.9. The summed E-state index contributed by atoms with van der Waals surface area (Å²) in [6, 6.07) is 15.1. The fourth-order valence-electron chi connectivity index (χ4n) is 2.70. The van der Waals surface area contributed by atoms with E-state index in [0.717, 1.165) is 24.6 Å². The van der Waals surface area contributed by atoms with E-state index >= 15 is 0 Å². The molecule has 28 heavy (non-hydrogen) atoms. The molecule has 0 aromatic heterocycles. The second kappa shape index (κ2) is 9.57. The van der Waals surface area contributed by atoms with E-state index < -0.39 is 11.1 Å². The molecule has 0 unspecified atom stereocenters. The molecule has 1 fully saturated rings. The molecule has 0 radical (unpaired) electrons. The number of imide groups is 1. The molecule has 2 aromatic carbocycles. The number of esters is 1. The van der Waals surface area contributed by atoms with E-state index in [9.17, 15) is 14.4 Å². The SMILES string of the molecule is O=C(CCCCc1ccccc1)Oc1cccc(C=C2SC(=O)NC2=O)c1Cl. The molecule has 3 rings (SSSR count). The minimum Gasteiger partial charge on any atom is -0.425 e. The number of thioether (sulfide) groups is 1. The molecule has 0 atom stereocenters. The lowest BCUT2D eigenvalue weighted by molar-refractivity contribution is -0.134. The van der Waals surface area contributed by atoms with Crippen molar-refractivity contribution in [3.63, 3.8) is 0 Å². The summed E-state index contributed by atoms with van der Waals surface area (Å²) in [5.74, 6) is -0.589. The first kappa shape index (κ1) is 20.2. The van der Waals surface area contributed by atoms with E-state index in [-0.39, 0.29) is 21.6 Å². The van der Waals surface area contributed by atoms with Crippen molar-refractivity contribution >= 4 is 46.6 Å². The van der Waals surface area contributed by atoms with Crippen LogP contribution in [0.25, 0.3) is 6.08 Å². The predicted octanol–water partition coefficient (Wildman–Crippen LogP) is 4.98. The van der Waals surface area contributed by atoms with Crippen LogP contribution in [0.5, 0.6) is 5.75 Å². The lowest BCUT2D eigenvalue weighted by atomic mass is 10.1. The van der Waals surface area contributed by atoms with Crippen LogP contribution in [-0.2, 0) is 16.0 Å². The number of unbranched alkanes of at least 4 members (excludes halogenated alkanes) is 1. The second-order valence-corrected chi connectivity index (χ2v) is 7.57. The quantitative estimate of drug-likeness (QED) is 0.299. The highest BCUT2D eigenvalue weighted by molar-refractivity contribution is 8.18. The summed E-state index contributed by atoms with van der Waals surface area (Å²) in [5, 5.41) is 1.98. The third kappa shape index (κ3) is 5.47. The second-order valence-electron chi connectivity index (χ2n) is 6.18. The van der Waals surface area contributed by atoms with Crippen molar-refractivity contribution in [3.8, 4) is 5.75 Å². The number of amides is 2. The van der Waals surface area contributed by atoms with Gasteiger partial charge >= 0.3 is 5.97 Å². The molecule has 144 valence electrons. The first-order chi connectivity index (χ1) is 13.5. The smallest absolute Gasteiger partial charge is 0.311 e. The van der Waals surface area contributed by atoms with E-state index in [1.165, 1.54) is 11.6 Å². The van der Waals surface area contributed by atoms with E-state index in [4.69, 9.17) is 16.3 Å². The molecule has 1 N–H and O–H groups in total. The lowest BCUT2D eigenvalue weighted by Crippen LogP contribution is -2.17. The highest BCUT2D eigenvalue weighted by atomic mass is 35.5. The van der Waals surface area contributed by atoms with Gasteiger partial charge < -0.3 is 4.74 Å². The summed E-state index contributed by atoms with van der Waals surface area (Å²) in [5.41, 5.74) is 1.75. The van der Waals surface area contributed by atoms with Gasteiger partial charge in [-0.25, -0.2) is 0 Å². The van der Waals surface area contributed by atoms with Gasteiger partial charge in [-0.3, -0.25) is 19.7 Å². The van der Waals surface area contributed by atoms with Gasteiger partial charge in [-0.1, -0.05) is 54.1 Å². The fourth-order valence-corrected chi connectivity index (χ4v) is 3.59. The largest absolute Gasteiger partial charge is 0.425 e. The van der Waals surface area contributed by atoms with Gasteiger partial charge in [0.2, 0.25) is 0 Å². The van der Waals surface area contributed by atoms with Crippen molar-refractivity contribution in [1.82, 2.24) is 5.32 Å². The van der Waals surface area contributed by atoms with Gasteiger partial charge in [-0.15, -0.1) is 0 Å². The minimum absolute atomic E-state index is 0.223. The lowest BCUT2D eigenvalue weighted by Gasteiger charge is -2.08. The molecule has 0 bridgehead atoms. The van der Waals surface area contributed by atoms with E-state index in [0.29, 0.717) is 18.4 Å². The Morgan fingerprint density at radius 2 is 1.86 bits per heavy atom. The topological polar surface area (TPSA) is 72.5 Å². The highest BCUT2D eigenvalue weighted by Gasteiger charge is 2.25. The van der Waals surface area contributed by atoms with Crippen LogP contribution >= 0.6 is 23.4 Å². The Labute approximate surface area is 172 Å². The first-order valence-electron chi connectivity index (χ1n) is 8.81. The van der Waals surface area contributed by atoms with Crippen molar-refractivity contribution in [2.24, 2.45) is 0 Å². The first-order valence-corrected chi connectivity index (χ1v) is 10.0. The summed E-state index contributed by atoms with van der Waals surface area (Å²) >= 11 is 7.11. The zero-order valence-electron chi connectivity index (χ0n) is 14.9. The van der Waals surface area contributed by atoms with Crippen LogP contribution in [0.3, 0.4) is 0 Å². The van der Waals surface area contributed by atoms with Crippen LogP contribution in [0.15, 0.2) is 53.4 Å². The number of ether oxygens (including phenoxy) is 1. The van der Waals surface area contributed by atoms with Gasteiger partial charge in [-0.05, 0) is 54.3 Å². The van der Waals surface area contributed by atoms with Crippen LogP contribution < -0.4 is 10.1 Å². The van der Waals surface area contributed by atoms with E-state index in [2.05, 4.69) is 17.4 Å². The molecule has 2 amide bonds. The number of carbonyl (C=O) groups is 3. The molecule has 7 heteroatoms. The van der Waals surface area contributed by atoms with Gasteiger partial charge in [0, 0.05) is 6.42 Å². The van der Waals surface area contributed by atoms with Crippen LogP contribution in [0.2, 0.25) is 5.02 Å². The minimum atomic E-state index is -0.466. The third-order valence-corrected chi connectivity index (χ3v) is 5.30. The molecule has 0 aliphatic carbocycles. The number of benzene rings is 2. The number of nitrogens with one attached hydrogen (secondary N) is 1. The summed E-state index contributed by atoms with van der Waals surface area (Å²) < 4.78 is 5.38. The summed E-state index contributed by atoms with van der Waals surface area (Å²) in [6.07, 6.45) is 4.31. The molecular formula is C21H18ClNO4S. The van der Waals surface area contributed by atoms with Crippen LogP contribution in [-0.4, -0.2) is 17.1 Å². The van der Waals surface area contributed by atoms with Crippen molar-refractivity contribution in [1.29, 1.82) is 0 Å². The Balaban J connectivity index is 1.55. The zero-order valence-corrected chi connectivity index (χ0v) is 16.5. The molecule has 5 nitrogen and oxygen atoms in total. The Hall–Kier alpha value is -2.57. The molecule has 1 saturated heterocycles. The van der Waals surface area contributed by atoms with E-state index in [1.807, 2.05) is 18.2 Å². The number of rotatable bonds is 7. The number of hydrogen-bond acceptors (Lipinski definition) is 5. The average Bonchev–Trinajstić information content (AvgIpc) is 3.00. The number of aryl methyl sites for hydroxylation is 1. The maximum Gasteiger partial charge on any atom is 0.311 e. The Morgan fingerprint density at radius 3 is 2.57 bits per heavy atom. The van der Waals surface area contributed by atoms with Crippen LogP contribution in [0, 0.1) is 0 Å². The van der Waals surface area contributed by atoms with Gasteiger partial charge in [0.05, 0.1) is 9.93 Å². The molecule has 1 heterocycles. The Morgan fingerprint density at radius 1 is 1.07 bits per heavy atom. The standard InChI is InChI=1S/C21H18ClNO4S/c22-19-15(13-17-20(25)23-21(26)28-17)10-6-11-16(19)27-18(24)12-5-4-9-14-7-2-1-3-8-14/h1-3,6-8,10-11,13H,4-5,9,12H2,(H,23,25,26). The third-order valence-electron chi connectivity index (χ3n) is 4.08. The fraction of sp³-hybridized carbons (Fsp3) is 0.190. The summed E-state index contributed by atoms with van der Waals surface area (Å²) in [6.45, 7) is 0. The normalized spacial score (nSPS) is 15.0. The van der Waals surface area contributed by atoms with Crippen LogP contribution in [0.4, 0.5) is 4.79 Å². The predicted molar refractivity (Wildman–Crippen MR) is 110 cm³/mol. The summed E-state index contributed by atoms with van der Waals surface area (Å²) in [7, 11) is 0. The molecule has 2 aromatic rings. The van der Waals surface area contributed by atoms with Crippen molar-refractivity contribution < 1.29 is 19.1 Å². The number of hydrogen-bond donors (Lipinski definition) is 1. The Bertz CT molecular complexity index is 927. The van der Waals surface area contributed by atoms with Crippen molar-refractivity contribution in [3.05, 3.63) is 69.6 Å². The summed E-state index contributed by atoms with van der Waals surface area (Å²) in [4.78, 5) is 35.3. The molecular weight excluding hydrogens is 398 g/mol. The van der Waals surface area contributed by atoms with Gasteiger partial charge in [-0.2, -0.15) is 0 Å². The van der Waals surface area contributed by atoms with Crippen molar-refractivity contribution in [2.45, 2.75) is 25.7 Å². The number of carbonyl (C=O) groups excluding carboxylic acids is 3. The van der Waals surface area contributed by atoms with Gasteiger partial charge in [0.15, 0.2) is 0 Å². The monoisotopic (exact) mass is 415 g/mol. The van der Waals surface area contributed by atoms with Crippen molar-refractivity contribution in [2.75, 3.05) is 0 Å². The number of halogens is 1.